The van der Waals surface area contributed by atoms with Crippen LogP contribution in [0, 0.1) is 11.3 Å². The van der Waals surface area contributed by atoms with Gasteiger partial charge in [0.15, 0.2) is 12.3 Å². The molecule has 0 spiro atoms. The molecular formula is C14H14N2O2. The van der Waals surface area contributed by atoms with E-state index >= 15 is 0 Å². The Morgan fingerprint density at radius 2 is 2.17 bits per heavy atom. The fourth-order valence-electron chi connectivity index (χ4n) is 2.54. The molecule has 4 nitrogen and oxygen atoms in total. The lowest BCUT2D eigenvalue weighted by Crippen LogP contribution is -2.39. The molecule has 2 atom stereocenters. The molecule has 1 aliphatic carbocycles. The molecule has 0 bridgehead atoms. The molecule has 0 N–H and O–H groups in total. The average Bonchev–Trinajstić information content (AvgIpc) is 2.44. The third-order valence-electron chi connectivity index (χ3n) is 3.40. The van der Waals surface area contributed by atoms with Gasteiger partial charge in [-0.1, -0.05) is 24.3 Å². The molecule has 2 unspecified atom stereocenters. The minimum absolute atomic E-state index is 0.165. The summed E-state index contributed by atoms with van der Waals surface area (Å²) in [5.74, 6) is 0. The highest BCUT2D eigenvalue weighted by molar-refractivity contribution is 5.68. The Morgan fingerprint density at radius 1 is 1.39 bits per heavy atom. The number of hydrogen-bond donors (Lipinski definition) is 0. The van der Waals surface area contributed by atoms with Gasteiger partial charge in [0.1, 0.15) is 0 Å². The van der Waals surface area contributed by atoms with E-state index in [-0.39, 0.29) is 6.04 Å². The molecule has 0 fully saturated rings. The highest BCUT2D eigenvalue weighted by Gasteiger charge is 2.29. The molecule has 0 heterocycles. The van der Waals surface area contributed by atoms with E-state index in [1.54, 1.807) is 0 Å². The highest BCUT2D eigenvalue weighted by Crippen LogP contribution is 2.34. The number of carbonyl (C=O) groups excluding carboxylic acids is 2. The Balaban J connectivity index is 2.37. The quantitative estimate of drug-likeness (QED) is 0.754. The highest BCUT2D eigenvalue weighted by atomic mass is 16.1. The number of benzene rings is 1. The van der Waals surface area contributed by atoms with E-state index in [1.165, 1.54) is 10.5 Å². The first-order valence-corrected chi connectivity index (χ1v) is 5.97. The summed E-state index contributed by atoms with van der Waals surface area (Å²) in [6.45, 7) is 0. The maximum absolute atomic E-state index is 11.2. The summed E-state index contributed by atoms with van der Waals surface area (Å²) in [7, 11) is 0. The molecule has 1 amide bonds. The van der Waals surface area contributed by atoms with Crippen LogP contribution in [0.1, 0.15) is 30.0 Å². The SMILES string of the molecule is N#CC(C=O)N(C=O)C1CCCc2ccccc21. The van der Waals surface area contributed by atoms with Gasteiger partial charge in [-0.15, -0.1) is 0 Å². The number of fused-ring (bicyclic) bond motifs is 1. The van der Waals surface area contributed by atoms with Crippen molar-refractivity contribution in [2.24, 2.45) is 0 Å². The third-order valence-corrected chi connectivity index (χ3v) is 3.40. The number of carbonyl (C=O) groups is 2. The molecule has 2 rings (SSSR count). The maximum Gasteiger partial charge on any atom is 0.211 e. The number of aldehydes is 1. The van der Waals surface area contributed by atoms with Crippen LogP contribution in [0.3, 0.4) is 0 Å². The number of amides is 1. The lowest BCUT2D eigenvalue weighted by atomic mass is 9.86. The van der Waals surface area contributed by atoms with Gasteiger partial charge in [-0.3, -0.25) is 9.59 Å². The van der Waals surface area contributed by atoms with Gasteiger partial charge in [0, 0.05) is 0 Å². The Hall–Kier alpha value is -2.15. The first-order valence-electron chi connectivity index (χ1n) is 5.97. The van der Waals surface area contributed by atoms with Crippen molar-refractivity contribution in [2.45, 2.75) is 31.3 Å². The van der Waals surface area contributed by atoms with E-state index in [1.807, 2.05) is 30.3 Å². The van der Waals surface area contributed by atoms with E-state index in [2.05, 4.69) is 0 Å². The first kappa shape index (κ1) is 12.3. The number of rotatable bonds is 4. The summed E-state index contributed by atoms with van der Waals surface area (Å²) in [4.78, 5) is 23.4. The molecule has 1 aromatic carbocycles. The van der Waals surface area contributed by atoms with Gasteiger partial charge in [0.2, 0.25) is 6.41 Å². The molecular weight excluding hydrogens is 228 g/mol. The summed E-state index contributed by atoms with van der Waals surface area (Å²) in [5.41, 5.74) is 2.25. The van der Waals surface area contributed by atoms with E-state index in [0.717, 1.165) is 24.8 Å². The fourth-order valence-corrected chi connectivity index (χ4v) is 2.54. The second kappa shape index (κ2) is 5.46. The van der Waals surface area contributed by atoms with Crippen molar-refractivity contribution < 1.29 is 9.59 Å². The molecule has 1 aliphatic rings. The fraction of sp³-hybridized carbons (Fsp3) is 0.357. The van der Waals surface area contributed by atoms with Crippen molar-refractivity contribution in [1.29, 1.82) is 5.26 Å². The largest absolute Gasteiger partial charge is 0.316 e. The van der Waals surface area contributed by atoms with Crippen LogP contribution in [0.2, 0.25) is 0 Å². The van der Waals surface area contributed by atoms with Gasteiger partial charge in [-0.05, 0) is 30.4 Å². The van der Waals surface area contributed by atoms with Crippen LogP contribution < -0.4 is 0 Å². The van der Waals surface area contributed by atoms with Crippen LogP contribution in [0.25, 0.3) is 0 Å². The summed E-state index contributed by atoms with van der Waals surface area (Å²) in [6, 6.07) is 8.58. The molecule has 4 heteroatoms. The molecule has 0 saturated carbocycles. The van der Waals surface area contributed by atoms with Gasteiger partial charge >= 0.3 is 0 Å². The molecule has 1 aromatic rings. The summed E-state index contributed by atoms with van der Waals surface area (Å²) >= 11 is 0. The van der Waals surface area contributed by atoms with Crippen LogP contribution in [0.5, 0.6) is 0 Å². The van der Waals surface area contributed by atoms with Crippen LogP contribution in [-0.4, -0.2) is 23.6 Å². The Kier molecular flexibility index (Phi) is 3.73. The topological polar surface area (TPSA) is 61.2 Å². The van der Waals surface area contributed by atoms with Crippen LogP contribution >= 0.6 is 0 Å². The van der Waals surface area contributed by atoms with Gasteiger partial charge in [0.25, 0.3) is 0 Å². The molecule has 0 aromatic heterocycles. The number of nitriles is 1. The second-order valence-electron chi connectivity index (χ2n) is 4.37. The smallest absolute Gasteiger partial charge is 0.211 e. The standard InChI is InChI=1S/C14H14N2O2/c15-8-12(9-17)16(10-18)14-7-3-5-11-4-1-2-6-13(11)14/h1-2,4,6,9-10,12,14H,3,5,7H2. The van der Waals surface area contributed by atoms with Crippen LogP contribution in [0.15, 0.2) is 24.3 Å². The minimum atomic E-state index is -1.00. The van der Waals surface area contributed by atoms with Gasteiger partial charge in [-0.2, -0.15) is 5.26 Å². The predicted molar refractivity (Wildman–Crippen MR) is 65.5 cm³/mol. The number of hydrogen-bond acceptors (Lipinski definition) is 3. The van der Waals surface area contributed by atoms with Crippen LogP contribution in [0.4, 0.5) is 0 Å². The van der Waals surface area contributed by atoms with Crippen molar-refractivity contribution in [2.75, 3.05) is 0 Å². The summed E-state index contributed by atoms with van der Waals surface area (Å²) in [5, 5.41) is 8.92. The maximum atomic E-state index is 11.2. The van der Waals surface area contributed by atoms with Crippen molar-refractivity contribution in [3.05, 3.63) is 35.4 Å². The van der Waals surface area contributed by atoms with Gasteiger partial charge < -0.3 is 4.90 Å². The molecule has 92 valence electrons. The Bertz CT molecular complexity index is 493. The van der Waals surface area contributed by atoms with Crippen molar-refractivity contribution in [3.63, 3.8) is 0 Å². The zero-order valence-corrected chi connectivity index (χ0v) is 9.95. The molecule has 18 heavy (non-hydrogen) atoms. The van der Waals surface area contributed by atoms with E-state index in [0.29, 0.717) is 12.7 Å². The molecule has 0 radical (unpaired) electrons. The lowest BCUT2D eigenvalue weighted by Gasteiger charge is -2.34. The third kappa shape index (κ3) is 2.12. The van der Waals surface area contributed by atoms with Gasteiger partial charge in [0.05, 0.1) is 12.1 Å². The average molecular weight is 242 g/mol. The van der Waals surface area contributed by atoms with Crippen molar-refractivity contribution in [1.82, 2.24) is 4.90 Å². The van der Waals surface area contributed by atoms with Gasteiger partial charge in [-0.25, -0.2) is 0 Å². The predicted octanol–water partition coefficient (Wildman–Crippen LogP) is 1.61. The first-order chi connectivity index (χ1) is 8.81. The summed E-state index contributed by atoms with van der Waals surface area (Å²) in [6.07, 6.45) is 3.86. The zero-order valence-electron chi connectivity index (χ0n) is 9.95. The van der Waals surface area contributed by atoms with E-state index < -0.39 is 6.04 Å². The Morgan fingerprint density at radius 3 is 2.83 bits per heavy atom. The summed E-state index contributed by atoms with van der Waals surface area (Å²) < 4.78 is 0. The number of aryl methyl sites for hydroxylation is 1. The minimum Gasteiger partial charge on any atom is -0.316 e. The number of nitrogens with zero attached hydrogens (tertiary/aromatic N) is 2. The monoisotopic (exact) mass is 242 g/mol. The van der Waals surface area contributed by atoms with E-state index in [9.17, 15) is 9.59 Å². The second-order valence-corrected chi connectivity index (χ2v) is 4.37. The Labute approximate surface area is 106 Å². The lowest BCUT2D eigenvalue weighted by molar-refractivity contribution is -0.126. The molecule has 0 aliphatic heterocycles. The zero-order chi connectivity index (χ0) is 13.0. The normalized spacial score (nSPS) is 19.2. The molecule has 0 saturated heterocycles. The van der Waals surface area contributed by atoms with Crippen molar-refractivity contribution in [3.8, 4) is 6.07 Å². The van der Waals surface area contributed by atoms with Crippen LogP contribution in [-0.2, 0) is 16.0 Å². The van der Waals surface area contributed by atoms with E-state index in [4.69, 9.17) is 5.26 Å². The van der Waals surface area contributed by atoms with Crippen molar-refractivity contribution >= 4 is 12.7 Å².